The Morgan fingerprint density at radius 1 is 1.30 bits per heavy atom. The van der Waals surface area contributed by atoms with Crippen molar-refractivity contribution in [1.82, 2.24) is 10.2 Å². The van der Waals surface area contributed by atoms with Crippen molar-refractivity contribution >= 4 is 35.1 Å². The van der Waals surface area contributed by atoms with E-state index in [1.54, 1.807) is 11.8 Å². The minimum absolute atomic E-state index is 0.0208. The Morgan fingerprint density at radius 3 is 2.85 bits per heavy atom. The van der Waals surface area contributed by atoms with E-state index in [1.165, 1.54) is 11.8 Å². The van der Waals surface area contributed by atoms with Crippen molar-refractivity contribution in [1.29, 1.82) is 0 Å². The molecule has 1 amide bonds. The summed E-state index contributed by atoms with van der Waals surface area (Å²) in [5.41, 5.74) is 0.808. The van der Waals surface area contributed by atoms with E-state index in [0.29, 0.717) is 29.0 Å². The molecular formula is C13H15N3O2S2. The van der Waals surface area contributed by atoms with Crippen molar-refractivity contribution in [2.24, 2.45) is 0 Å². The zero-order chi connectivity index (χ0) is 14.2. The molecule has 1 N–H and O–H groups in total. The number of nitrogens with zero attached hydrogens (tertiary/aromatic N) is 2. The molecule has 5 nitrogen and oxygen atoms in total. The number of nitrogens with one attached hydrogen (secondary N) is 1. The summed E-state index contributed by atoms with van der Waals surface area (Å²) in [6.45, 7) is 0. The van der Waals surface area contributed by atoms with Crippen LogP contribution in [0.15, 0.2) is 40.0 Å². The number of carbonyl (C=O) groups is 1. The second kappa shape index (κ2) is 7.96. The van der Waals surface area contributed by atoms with Crippen LogP contribution in [-0.2, 0) is 10.5 Å². The van der Waals surface area contributed by atoms with Gasteiger partial charge in [-0.25, -0.2) is 0 Å². The third-order valence-corrected chi connectivity index (χ3v) is 3.68. The van der Waals surface area contributed by atoms with Crippen LogP contribution in [-0.4, -0.2) is 28.1 Å². The normalized spacial score (nSPS) is 10.4. The zero-order valence-electron chi connectivity index (χ0n) is 11.0. The maximum Gasteiger partial charge on any atom is 0.276 e. The number of benzene rings is 1. The van der Waals surface area contributed by atoms with Crippen molar-refractivity contribution in [3.63, 3.8) is 0 Å². The molecule has 0 saturated heterocycles. The molecule has 1 aromatic carbocycles. The van der Waals surface area contributed by atoms with Crippen molar-refractivity contribution in [3.8, 4) is 0 Å². The molecule has 1 aromatic heterocycles. The van der Waals surface area contributed by atoms with Gasteiger partial charge in [0, 0.05) is 17.9 Å². The number of anilines is 1. The van der Waals surface area contributed by atoms with Gasteiger partial charge in [-0.3, -0.25) is 4.79 Å². The summed E-state index contributed by atoms with van der Waals surface area (Å²) < 4.78 is 5.41. The number of rotatable bonds is 7. The smallest absolute Gasteiger partial charge is 0.276 e. The van der Waals surface area contributed by atoms with Gasteiger partial charge in [-0.2, -0.15) is 11.8 Å². The summed E-state index contributed by atoms with van der Waals surface area (Å²) in [5, 5.41) is 11.2. The molecule has 2 aromatic rings. The molecule has 0 saturated carbocycles. The molecule has 0 aliphatic rings. The minimum Gasteiger partial charge on any atom is -0.415 e. The predicted octanol–water partition coefficient (Wildman–Crippen LogP) is 3.05. The van der Waals surface area contributed by atoms with Gasteiger partial charge in [0.05, 0.1) is 5.75 Å². The Labute approximate surface area is 125 Å². The topological polar surface area (TPSA) is 68.0 Å². The van der Waals surface area contributed by atoms with Crippen molar-refractivity contribution < 1.29 is 9.21 Å². The van der Waals surface area contributed by atoms with Gasteiger partial charge in [-0.05, 0) is 18.4 Å². The summed E-state index contributed by atoms with van der Waals surface area (Å²) >= 11 is 3.02. The second-order valence-electron chi connectivity index (χ2n) is 3.91. The molecule has 2 rings (SSSR count). The first-order valence-electron chi connectivity index (χ1n) is 6.07. The van der Waals surface area contributed by atoms with Gasteiger partial charge < -0.3 is 9.73 Å². The van der Waals surface area contributed by atoms with Crippen LogP contribution in [0.2, 0.25) is 0 Å². The molecule has 0 atom stereocenters. The van der Waals surface area contributed by atoms with E-state index < -0.39 is 0 Å². The number of amides is 1. The number of hydrogen-bond donors (Lipinski definition) is 1. The fraction of sp³-hybridized carbons (Fsp3) is 0.308. The highest BCUT2D eigenvalue weighted by Crippen LogP contribution is 2.19. The van der Waals surface area contributed by atoms with Gasteiger partial charge in [-0.1, -0.05) is 30.0 Å². The Morgan fingerprint density at radius 2 is 2.10 bits per heavy atom. The standard InChI is InChI=1S/C13H15N3O2S2/c1-19-9-12-15-16-13(18-12)20-8-7-11(17)14-10-5-3-2-4-6-10/h2-6H,7-9H2,1H3,(H,14,17). The molecule has 20 heavy (non-hydrogen) atoms. The fourth-order valence-corrected chi connectivity index (χ4v) is 2.53. The molecule has 0 aliphatic heterocycles. The maximum atomic E-state index is 11.7. The van der Waals surface area contributed by atoms with E-state index in [9.17, 15) is 4.79 Å². The molecule has 7 heteroatoms. The Bertz CT molecular complexity index is 546. The molecule has 0 fully saturated rings. The highest BCUT2D eigenvalue weighted by atomic mass is 32.2. The lowest BCUT2D eigenvalue weighted by molar-refractivity contribution is -0.115. The zero-order valence-corrected chi connectivity index (χ0v) is 12.7. The van der Waals surface area contributed by atoms with E-state index in [2.05, 4.69) is 15.5 Å². The summed E-state index contributed by atoms with van der Waals surface area (Å²) in [6.07, 6.45) is 2.38. The number of hydrogen-bond acceptors (Lipinski definition) is 6. The quantitative estimate of drug-likeness (QED) is 0.793. The molecule has 0 radical (unpaired) electrons. The van der Waals surface area contributed by atoms with E-state index in [0.717, 1.165) is 5.69 Å². The van der Waals surface area contributed by atoms with Crippen molar-refractivity contribution in [2.45, 2.75) is 17.4 Å². The second-order valence-corrected chi connectivity index (χ2v) is 5.82. The molecular weight excluding hydrogens is 294 g/mol. The average molecular weight is 309 g/mol. The molecule has 1 heterocycles. The monoisotopic (exact) mass is 309 g/mol. The molecule has 106 valence electrons. The minimum atomic E-state index is -0.0208. The largest absolute Gasteiger partial charge is 0.415 e. The highest BCUT2D eigenvalue weighted by Gasteiger charge is 2.08. The van der Waals surface area contributed by atoms with E-state index in [4.69, 9.17) is 4.42 Å². The van der Waals surface area contributed by atoms with Gasteiger partial charge >= 0.3 is 0 Å². The van der Waals surface area contributed by atoms with Crippen LogP contribution >= 0.6 is 23.5 Å². The number of para-hydroxylation sites is 1. The third-order valence-electron chi connectivity index (χ3n) is 2.33. The molecule has 0 aliphatic carbocycles. The summed E-state index contributed by atoms with van der Waals surface area (Å²) in [5.74, 6) is 1.92. The third kappa shape index (κ3) is 4.90. The molecule has 0 bridgehead atoms. The number of aromatic nitrogens is 2. The first-order chi connectivity index (χ1) is 9.78. The van der Waals surface area contributed by atoms with Crippen LogP contribution in [0, 0.1) is 0 Å². The fourth-order valence-electron chi connectivity index (χ4n) is 1.45. The van der Waals surface area contributed by atoms with Gasteiger partial charge in [0.15, 0.2) is 0 Å². The lowest BCUT2D eigenvalue weighted by Crippen LogP contribution is -2.11. The van der Waals surface area contributed by atoms with Crippen molar-refractivity contribution in [3.05, 3.63) is 36.2 Å². The Hall–Kier alpha value is -1.47. The first kappa shape index (κ1) is 14.9. The Kier molecular flexibility index (Phi) is 5.94. The number of thioether (sulfide) groups is 2. The first-order valence-corrected chi connectivity index (χ1v) is 8.45. The lowest BCUT2D eigenvalue weighted by Gasteiger charge is -2.03. The highest BCUT2D eigenvalue weighted by molar-refractivity contribution is 7.99. The predicted molar refractivity (Wildman–Crippen MR) is 81.9 cm³/mol. The van der Waals surface area contributed by atoms with Gasteiger partial charge in [0.25, 0.3) is 5.22 Å². The van der Waals surface area contributed by atoms with E-state index >= 15 is 0 Å². The van der Waals surface area contributed by atoms with Gasteiger partial charge in [0.2, 0.25) is 11.8 Å². The molecule has 0 spiro atoms. The SMILES string of the molecule is CSCc1nnc(SCCC(=O)Nc2ccccc2)o1. The van der Waals surface area contributed by atoms with Crippen LogP contribution in [0.1, 0.15) is 12.3 Å². The van der Waals surface area contributed by atoms with E-state index in [1.807, 2.05) is 36.6 Å². The van der Waals surface area contributed by atoms with Gasteiger partial charge in [-0.15, -0.1) is 10.2 Å². The van der Waals surface area contributed by atoms with Crippen LogP contribution in [0.25, 0.3) is 0 Å². The summed E-state index contributed by atoms with van der Waals surface area (Å²) in [6, 6.07) is 9.40. The maximum absolute atomic E-state index is 11.7. The lowest BCUT2D eigenvalue weighted by atomic mass is 10.3. The average Bonchev–Trinajstić information content (AvgIpc) is 2.88. The van der Waals surface area contributed by atoms with Crippen molar-refractivity contribution in [2.75, 3.05) is 17.3 Å². The van der Waals surface area contributed by atoms with Gasteiger partial charge in [0.1, 0.15) is 0 Å². The van der Waals surface area contributed by atoms with Crippen LogP contribution < -0.4 is 5.32 Å². The Balaban J connectivity index is 1.71. The van der Waals surface area contributed by atoms with E-state index in [-0.39, 0.29) is 5.91 Å². The van der Waals surface area contributed by atoms with Crippen LogP contribution in [0.5, 0.6) is 0 Å². The number of carbonyl (C=O) groups excluding carboxylic acids is 1. The summed E-state index contributed by atoms with van der Waals surface area (Å²) in [4.78, 5) is 11.7. The van der Waals surface area contributed by atoms with Crippen LogP contribution in [0.3, 0.4) is 0 Å². The van der Waals surface area contributed by atoms with Crippen LogP contribution in [0.4, 0.5) is 5.69 Å². The summed E-state index contributed by atoms with van der Waals surface area (Å²) in [7, 11) is 0. The molecule has 0 unspecified atom stereocenters.